The maximum Gasteiger partial charge on any atom is 0.240 e. The molecule has 3 aromatic rings. The lowest BCUT2D eigenvalue weighted by Gasteiger charge is -2.07. The van der Waals surface area contributed by atoms with E-state index in [9.17, 15) is 4.39 Å². The Balaban J connectivity index is 0.000000758. The molecule has 0 aliphatic carbocycles. The van der Waals surface area contributed by atoms with Crippen molar-refractivity contribution in [2.24, 2.45) is 10.2 Å². The summed E-state index contributed by atoms with van der Waals surface area (Å²) >= 11 is 0. The molecule has 138 valence electrons. The first-order valence-electron chi connectivity index (χ1n) is 8.26. The van der Waals surface area contributed by atoms with Crippen molar-refractivity contribution in [1.82, 2.24) is 19.6 Å². The third-order valence-electron chi connectivity index (χ3n) is 3.36. The molecule has 0 unspecified atom stereocenters. The van der Waals surface area contributed by atoms with Gasteiger partial charge in [-0.05, 0) is 19.1 Å². The van der Waals surface area contributed by atoms with Crippen molar-refractivity contribution in [1.29, 1.82) is 0 Å². The molecule has 0 spiro atoms. The van der Waals surface area contributed by atoms with Crippen LogP contribution in [0.15, 0.2) is 28.6 Å². The standard InChI is InChI=1S/C14H15FN8.C3H8/c1-7-9(21-18-3)4-5-10(19-7)11-8(15)6-23-12(11)13(17-2)20-14(16)22-23;1-3-2/h4-6H,1-3H3,(H3,16,17,20,22);3H2,1-2H3. The molecular formula is C17H23FN8. The molecule has 3 rings (SSSR count). The highest BCUT2D eigenvalue weighted by molar-refractivity contribution is 5.88. The van der Waals surface area contributed by atoms with Crippen LogP contribution in [-0.4, -0.2) is 33.7 Å². The van der Waals surface area contributed by atoms with Crippen molar-refractivity contribution < 1.29 is 4.39 Å². The van der Waals surface area contributed by atoms with Crippen molar-refractivity contribution in [2.75, 3.05) is 25.1 Å². The zero-order valence-corrected chi connectivity index (χ0v) is 15.6. The zero-order chi connectivity index (χ0) is 19.3. The molecule has 0 aliphatic heterocycles. The van der Waals surface area contributed by atoms with E-state index in [1.165, 1.54) is 17.1 Å². The van der Waals surface area contributed by atoms with E-state index in [0.717, 1.165) is 0 Å². The first-order valence-corrected chi connectivity index (χ1v) is 8.26. The second-order valence-corrected chi connectivity index (χ2v) is 5.52. The van der Waals surface area contributed by atoms with Gasteiger partial charge in [-0.25, -0.2) is 8.91 Å². The summed E-state index contributed by atoms with van der Waals surface area (Å²) in [5.41, 5.74) is 8.15. The van der Waals surface area contributed by atoms with Gasteiger partial charge in [0.05, 0.1) is 23.1 Å². The van der Waals surface area contributed by atoms with Gasteiger partial charge in [-0.15, -0.1) is 5.10 Å². The summed E-state index contributed by atoms with van der Waals surface area (Å²) in [6.45, 7) is 6.04. The number of aryl methyl sites for hydroxylation is 1. The van der Waals surface area contributed by atoms with Gasteiger partial charge in [0.25, 0.3) is 0 Å². The van der Waals surface area contributed by atoms with E-state index in [0.29, 0.717) is 34.0 Å². The second kappa shape index (κ2) is 8.32. The van der Waals surface area contributed by atoms with Gasteiger partial charge in [0, 0.05) is 14.1 Å². The van der Waals surface area contributed by atoms with Crippen LogP contribution >= 0.6 is 0 Å². The van der Waals surface area contributed by atoms with Crippen LogP contribution < -0.4 is 11.1 Å². The van der Waals surface area contributed by atoms with Gasteiger partial charge in [0.1, 0.15) is 11.2 Å². The Morgan fingerprint density at radius 3 is 2.54 bits per heavy atom. The quantitative estimate of drug-likeness (QED) is 0.689. The van der Waals surface area contributed by atoms with Crippen molar-refractivity contribution in [3.63, 3.8) is 0 Å². The van der Waals surface area contributed by atoms with Crippen molar-refractivity contribution >= 4 is 23.0 Å². The Bertz CT molecular complexity index is 932. The minimum atomic E-state index is -0.460. The Hall–Kier alpha value is -3.10. The van der Waals surface area contributed by atoms with E-state index in [2.05, 4.69) is 44.5 Å². The molecule has 0 aromatic carbocycles. The summed E-state index contributed by atoms with van der Waals surface area (Å²) in [5.74, 6) is 0.0117. The summed E-state index contributed by atoms with van der Waals surface area (Å²) in [6.07, 6.45) is 2.50. The minimum Gasteiger partial charge on any atom is -0.371 e. The van der Waals surface area contributed by atoms with Crippen LogP contribution in [0.2, 0.25) is 0 Å². The number of rotatable bonds is 3. The van der Waals surface area contributed by atoms with Crippen LogP contribution in [0.5, 0.6) is 0 Å². The number of pyridine rings is 1. The van der Waals surface area contributed by atoms with Crippen LogP contribution in [0.4, 0.5) is 21.8 Å². The Kier molecular flexibility index (Phi) is 6.16. The number of hydrogen-bond acceptors (Lipinski definition) is 7. The van der Waals surface area contributed by atoms with Crippen LogP contribution in [-0.2, 0) is 0 Å². The maximum atomic E-state index is 14.5. The zero-order valence-electron chi connectivity index (χ0n) is 15.6. The molecule has 0 aliphatic rings. The maximum absolute atomic E-state index is 14.5. The highest BCUT2D eigenvalue weighted by Crippen LogP contribution is 2.33. The summed E-state index contributed by atoms with van der Waals surface area (Å²) in [5, 5.41) is 14.6. The monoisotopic (exact) mass is 358 g/mol. The Morgan fingerprint density at radius 2 is 1.96 bits per heavy atom. The molecule has 0 saturated heterocycles. The molecule has 0 amide bonds. The fraction of sp³-hybridized carbons (Fsp3) is 0.353. The fourth-order valence-corrected chi connectivity index (χ4v) is 2.39. The molecule has 0 bridgehead atoms. The van der Waals surface area contributed by atoms with E-state index in [1.54, 1.807) is 33.2 Å². The summed E-state index contributed by atoms with van der Waals surface area (Å²) < 4.78 is 15.8. The number of anilines is 2. The molecular weight excluding hydrogens is 335 g/mol. The normalized spacial score (nSPS) is 10.8. The van der Waals surface area contributed by atoms with E-state index >= 15 is 0 Å². The minimum absolute atomic E-state index is 0.0474. The first kappa shape index (κ1) is 19.2. The molecule has 3 aromatic heterocycles. The molecule has 0 saturated carbocycles. The Labute approximate surface area is 151 Å². The first-order chi connectivity index (χ1) is 12.5. The summed E-state index contributed by atoms with van der Waals surface area (Å²) in [4.78, 5) is 8.52. The summed E-state index contributed by atoms with van der Waals surface area (Å²) in [6, 6.07) is 3.43. The largest absolute Gasteiger partial charge is 0.371 e. The third-order valence-corrected chi connectivity index (χ3v) is 3.36. The molecule has 0 radical (unpaired) electrons. The Morgan fingerprint density at radius 1 is 1.27 bits per heavy atom. The lowest BCUT2D eigenvalue weighted by atomic mass is 10.1. The second-order valence-electron chi connectivity index (χ2n) is 5.52. The third kappa shape index (κ3) is 3.76. The SMILES string of the molecule is CCC.CN=Nc1ccc(-c2c(F)cn3nc(N)nc(NC)c23)nc1C. The smallest absolute Gasteiger partial charge is 0.240 e. The van der Waals surface area contributed by atoms with Gasteiger partial charge < -0.3 is 11.1 Å². The van der Waals surface area contributed by atoms with Gasteiger partial charge in [0.15, 0.2) is 11.6 Å². The van der Waals surface area contributed by atoms with Gasteiger partial charge in [-0.3, -0.25) is 4.98 Å². The number of nitrogens with zero attached hydrogens (tertiary/aromatic N) is 6. The van der Waals surface area contributed by atoms with Crippen LogP contribution in [0.3, 0.4) is 0 Å². The predicted molar refractivity (Wildman–Crippen MR) is 101 cm³/mol. The van der Waals surface area contributed by atoms with Gasteiger partial charge in [-0.1, -0.05) is 20.3 Å². The number of nitrogens with one attached hydrogen (secondary N) is 1. The number of azo groups is 1. The molecule has 3 N–H and O–H groups in total. The van der Waals surface area contributed by atoms with Crippen LogP contribution in [0.25, 0.3) is 16.8 Å². The summed E-state index contributed by atoms with van der Waals surface area (Å²) in [7, 11) is 3.26. The van der Waals surface area contributed by atoms with Crippen molar-refractivity contribution in [2.45, 2.75) is 27.2 Å². The van der Waals surface area contributed by atoms with E-state index in [4.69, 9.17) is 5.73 Å². The number of nitrogens with two attached hydrogens (primary N) is 1. The molecule has 0 atom stereocenters. The lowest BCUT2D eigenvalue weighted by molar-refractivity contribution is 0.628. The lowest BCUT2D eigenvalue weighted by Crippen LogP contribution is -2.05. The predicted octanol–water partition coefficient (Wildman–Crippen LogP) is 3.99. The van der Waals surface area contributed by atoms with Crippen LogP contribution in [0, 0.1) is 12.7 Å². The topological polar surface area (TPSA) is 106 Å². The number of halogens is 1. The van der Waals surface area contributed by atoms with E-state index in [1.807, 2.05) is 0 Å². The van der Waals surface area contributed by atoms with E-state index in [-0.39, 0.29) is 5.95 Å². The molecule has 8 nitrogen and oxygen atoms in total. The fourth-order valence-electron chi connectivity index (χ4n) is 2.39. The number of hydrogen-bond donors (Lipinski definition) is 2. The highest BCUT2D eigenvalue weighted by Gasteiger charge is 2.20. The van der Waals surface area contributed by atoms with Crippen molar-refractivity contribution in [3.05, 3.63) is 29.8 Å². The number of fused-ring (bicyclic) bond motifs is 1. The number of aromatic nitrogens is 4. The van der Waals surface area contributed by atoms with Gasteiger partial charge >= 0.3 is 0 Å². The average Bonchev–Trinajstić information content (AvgIpc) is 2.92. The highest BCUT2D eigenvalue weighted by atomic mass is 19.1. The van der Waals surface area contributed by atoms with Crippen molar-refractivity contribution in [3.8, 4) is 11.3 Å². The average molecular weight is 358 g/mol. The molecule has 9 heteroatoms. The molecule has 26 heavy (non-hydrogen) atoms. The van der Waals surface area contributed by atoms with E-state index < -0.39 is 5.82 Å². The van der Waals surface area contributed by atoms with Crippen LogP contribution in [0.1, 0.15) is 26.0 Å². The van der Waals surface area contributed by atoms with Gasteiger partial charge in [-0.2, -0.15) is 15.2 Å². The van der Waals surface area contributed by atoms with Gasteiger partial charge in [0.2, 0.25) is 5.95 Å². The molecule has 3 heterocycles. The number of nitrogen functional groups attached to an aromatic ring is 1. The molecule has 0 fully saturated rings.